The standard InChI is InChI=1S/C24H24N2O5S/c1-4-15-26(19-10-6-5-7-11-19)32(28,29)21-12-8-9-18(16-21)24(27)25-22-14-13-20(30-2)17-23(22)31-3/h4-14,16-17H,1,15H2,2-3H3,(H,25,27). The molecule has 0 aliphatic rings. The second-order valence-electron chi connectivity index (χ2n) is 6.71. The van der Waals surface area contributed by atoms with E-state index in [0.717, 1.165) is 0 Å². The van der Waals surface area contributed by atoms with Crippen molar-refractivity contribution < 1.29 is 22.7 Å². The molecule has 0 atom stereocenters. The number of ether oxygens (including phenoxy) is 2. The zero-order valence-electron chi connectivity index (χ0n) is 17.8. The van der Waals surface area contributed by atoms with E-state index in [1.807, 2.05) is 0 Å². The third-order valence-corrected chi connectivity index (χ3v) is 6.47. The van der Waals surface area contributed by atoms with Gasteiger partial charge in [0.25, 0.3) is 15.9 Å². The number of amides is 1. The van der Waals surface area contributed by atoms with E-state index < -0.39 is 15.9 Å². The van der Waals surface area contributed by atoms with Gasteiger partial charge in [-0.2, -0.15) is 0 Å². The van der Waals surface area contributed by atoms with Gasteiger partial charge >= 0.3 is 0 Å². The summed E-state index contributed by atoms with van der Waals surface area (Å²) >= 11 is 0. The average Bonchev–Trinajstić information content (AvgIpc) is 2.83. The van der Waals surface area contributed by atoms with Gasteiger partial charge in [-0.3, -0.25) is 9.10 Å². The number of methoxy groups -OCH3 is 2. The van der Waals surface area contributed by atoms with Crippen molar-refractivity contribution in [3.05, 3.63) is 91.0 Å². The molecule has 3 aromatic carbocycles. The van der Waals surface area contributed by atoms with Crippen LogP contribution in [0, 0.1) is 0 Å². The highest BCUT2D eigenvalue weighted by Gasteiger charge is 2.25. The van der Waals surface area contributed by atoms with Crippen LogP contribution in [0.1, 0.15) is 10.4 Å². The molecule has 0 aliphatic carbocycles. The number of hydrogen-bond acceptors (Lipinski definition) is 5. The summed E-state index contributed by atoms with van der Waals surface area (Å²) in [5.74, 6) is 0.527. The Hall–Kier alpha value is -3.78. The second kappa shape index (κ2) is 10.0. The molecular weight excluding hydrogens is 428 g/mol. The van der Waals surface area contributed by atoms with Crippen LogP contribution in [0.3, 0.4) is 0 Å². The zero-order valence-corrected chi connectivity index (χ0v) is 18.6. The first-order valence-electron chi connectivity index (χ1n) is 9.73. The van der Waals surface area contributed by atoms with Crippen molar-refractivity contribution in [1.29, 1.82) is 0 Å². The molecule has 0 radical (unpaired) electrons. The molecule has 3 rings (SSSR count). The largest absolute Gasteiger partial charge is 0.497 e. The quantitative estimate of drug-likeness (QED) is 0.488. The Kier molecular flexibility index (Phi) is 7.17. The smallest absolute Gasteiger partial charge is 0.264 e. The number of carbonyl (C=O) groups is 1. The molecule has 0 aliphatic heterocycles. The minimum absolute atomic E-state index is 0.00227. The van der Waals surface area contributed by atoms with Gasteiger partial charge in [-0.25, -0.2) is 8.42 Å². The van der Waals surface area contributed by atoms with Crippen molar-refractivity contribution in [2.24, 2.45) is 0 Å². The van der Waals surface area contributed by atoms with E-state index in [1.165, 1.54) is 42.8 Å². The molecular formula is C24H24N2O5S. The number of anilines is 2. The lowest BCUT2D eigenvalue weighted by Gasteiger charge is -2.23. The lowest BCUT2D eigenvalue weighted by molar-refractivity contribution is 0.102. The lowest BCUT2D eigenvalue weighted by Crippen LogP contribution is -2.31. The van der Waals surface area contributed by atoms with Crippen molar-refractivity contribution >= 4 is 27.3 Å². The van der Waals surface area contributed by atoms with Gasteiger partial charge in [0.05, 0.1) is 37.0 Å². The number of carbonyl (C=O) groups excluding carboxylic acids is 1. The molecule has 0 aromatic heterocycles. The van der Waals surface area contributed by atoms with Gasteiger partial charge < -0.3 is 14.8 Å². The monoisotopic (exact) mass is 452 g/mol. The summed E-state index contributed by atoms with van der Waals surface area (Å²) < 4.78 is 38.4. The normalized spacial score (nSPS) is 10.8. The van der Waals surface area contributed by atoms with Gasteiger partial charge in [0.2, 0.25) is 0 Å². The van der Waals surface area contributed by atoms with Crippen LogP contribution in [0.2, 0.25) is 0 Å². The SMILES string of the molecule is C=CCN(c1ccccc1)S(=O)(=O)c1cccc(C(=O)Nc2ccc(OC)cc2OC)c1. The molecule has 0 heterocycles. The van der Waals surface area contributed by atoms with Crippen LogP contribution in [0.5, 0.6) is 11.5 Å². The van der Waals surface area contributed by atoms with Gasteiger partial charge in [-0.1, -0.05) is 30.3 Å². The molecule has 0 spiro atoms. The molecule has 1 N–H and O–H groups in total. The molecule has 1 amide bonds. The van der Waals surface area contributed by atoms with Crippen molar-refractivity contribution in [3.8, 4) is 11.5 Å². The molecule has 3 aromatic rings. The number of rotatable bonds is 9. The molecule has 8 heteroatoms. The number of nitrogens with one attached hydrogen (secondary N) is 1. The van der Waals surface area contributed by atoms with Crippen molar-refractivity contribution in [2.75, 3.05) is 30.4 Å². The number of para-hydroxylation sites is 1. The molecule has 7 nitrogen and oxygen atoms in total. The van der Waals surface area contributed by atoms with Crippen LogP contribution in [0.15, 0.2) is 90.3 Å². The summed E-state index contributed by atoms with van der Waals surface area (Å²) in [4.78, 5) is 12.9. The third-order valence-electron chi connectivity index (χ3n) is 4.68. The van der Waals surface area contributed by atoms with Crippen LogP contribution in [-0.2, 0) is 10.0 Å². The Bertz CT molecular complexity index is 1210. The van der Waals surface area contributed by atoms with Crippen LogP contribution in [0.4, 0.5) is 11.4 Å². The van der Waals surface area contributed by atoms with E-state index in [-0.39, 0.29) is 17.0 Å². The zero-order chi connectivity index (χ0) is 23.1. The molecule has 0 saturated heterocycles. The highest BCUT2D eigenvalue weighted by atomic mass is 32.2. The van der Waals surface area contributed by atoms with Gasteiger partial charge in [0, 0.05) is 11.6 Å². The molecule has 0 unspecified atom stereocenters. The van der Waals surface area contributed by atoms with E-state index in [9.17, 15) is 13.2 Å². The summed E-state index contributed by atoms with van der Waals surface area (Å²) in [6, 6.07) is 19.6. The molecule has 32 heavy (non-hydrogen) atoms. The summed E-state index contributed by atoms with van der Waals surface area (Å²) in [6.45, 7) is 3.75. The van der Waals surface area contributed by atoms with Crippen LogP contribution < -0.4 is 19.1 Å². The number of hydrogen-bond donors (Lipinski definition) is 1. The summed E-state index contributed by atoms with van der Waals surface area (Å²) in [5.41, 5.74) is 1.13. The topological polar surface area (TPSA) is 84.9 Å². The van der Waals surface area contributed by atoms with Gasteiger partial charge in [-0.15, -0.1) is 6.58 Å². The Morgan fingerprint density at radius 3 is 2.41 bits per heavy atom. The maximum atomic E-state index is 13.3. The van der Waals surface area contributed by atoms with E-state index in [2.05, 4.69) is 11.9 Å². The van der Waals surface area contributed by atoms with Crippen molar-refractivity contribution in [1.82, 2.24) is 0 Å². The fourth-order valence-electron chi connectivity index (χ4n) is 3.08. The Labute approximate surface area is 188 Å². The summed E-state index contributed by atoms with van der Waals surface area (Å²) in [7, 11) is -0.913. The van der Waals surface area contributed by atoms with Gasteiger partial charge in [0.1, 0.15) is 11.5 Å². The van der Waals surface area contributed by atoms with E-state index >= 15 is 0 Å². The minimum atomic E-state index is -3.93. The maximum Gasteiger partial charge on any atom is 0.264 e. The van der Waals surface area contributed by atoms with Crippen molar-refractivity contribution in [2.45, 2.75) is 4.90 Å². The molecule has 0 bridgehead atoms. The maximum absolute atomic E-state index is 13.3. The minimum Gasteiger partial charge on any atom is -0.497 e. The predicted molar refractivity (Wildman–Crippen MR) is 125 cm³/mol. The average molecular weight is 453 g/mol. The Balaban J connectivity index is 1.92. The highest BCUT2D eigenvalue weighted by molar-refractivity contribution is 7.92. The fraction of sp³-hybridized carbons (Fsp3) is 0.125. The Morgan fingerprint density at radius 1 is 1.00 bits per heavy atom. The number of sulfonamides is 1. The predicted octanol–water partition coefficient (Wildman–Crippen LogP) is 4.34. The van der Waals surface area contributed by atoms with Crippen molar-refractivity contribution in [3.63, 3.8) is 0 Å². The first kappa shape index (κ1) is 22.9. The van der Waals surface area contributed by atoms with Crippen LogP contribution in [-0.4, -0.2) is 35.1 Å². The molecule has 166 valence electrons. The summed E-state index contributed by atoms with van der Waals surface area (Å²) in [5, 5.41) is 2.75. The van der Waals surface area contributed by atoms with Crippen LogP contribution in [0.25, 0.3) is 0 Å². The second-order valence-corrected chi connectivity index (χ2v) is 8.57. The van der Waals surface area contributed by atoms with E-state index in [0.29, 0.717) is 22.9 Å². The number of benzene rings is 3. The molecule has 0 saturated carbocycles. The first-order chi connectivity index (χ1) is 15.4. The number of nitrogens with zero attached hydrogens (tertiary/aromatic N) is 1. The van der Waals surface area contributed by atoms with Gasteiger partial charge in [-0.05, 0) is 42.5 Å². The van der Waals surface area contributed by atoms with E-state index in [4.69, 9.17) is 9.47 Å². The fourth-order valence-corrected chi connectivity index (χ4v) is 4.56. The lowest BCUT2D eigenvalue weighted by atomic mass is 10.2. The highest BCUT2D eigenvalue weighted by Crippen LogP contribution is 2.30. The molecule has 0 fully saturated rings. The van der Waals surface area contributed by atoms with E-state index in [1.54, 1.807) is 54.6 Å². The third kappa shape index (κ3) is 4.92. The summed E-state index contributed by atoms with van der Waals surface area (Å²) in [6.07, 6.45) is 1.51. The van der Waals surface area contributed by atoms with Gasteiger partial charge in [0.15, 0.2) is 0 Å². The van der Waals surface area contributed by atoms with Crippen LogP contribution >= 0.6 is 0 Å². The first-order valence-corrected chi connectivity index (χ1v) is 11.2. The Morgan fingerprint density at radius 2 is 1.75 bits per heavy atom.